The molecule has 2 fully saturated rings. The van der Waals surface area contributed by atoms with E-state index in [-0.39, 0.29) is 5.91 Å². The molecule has 2 heterocycles. The predicted octanol–water partition coefficient (Wildman–Crippen LogP) is 1.33. The Morgan fingerprint density at radius 1 is 1.45 bits per heavy atom. The molecule has 2 aliphatic heterocycles. The smallest absolute Gasteiger partial charge is 0.249 e. The highest BCUT2D eigenvalue weighted by atomic mass is 16.2. The molecule has 2 saturated heterocycles. The molecule has 2 nitrogen and oxygen atoms in total. The van der Waals surface area contributed by atoms with Crippen molar-refractivity contribution in [2.24, 2.45) is 0 Å². The van der Waals surface area contributed by atoms with Gasteiger partial charge in [0.05, 0.1) is 0 Å². The number of carbonyl (C=O) groups is 1. The number of nitrogens with zero attached hydrogens (tertiary/aromatic N) is 1. The van der Waals surface area contributed by atoms with Gasteiger partial charge in [-0.05, 0) is 25.7 Å². The molecule has 1 amide bonds. The Bertz CT molecular complexity index is 210. The topological polar surface area (TPSA) is 20.3 Å². The minimum absolute atomic E-state index is 0.207. The zero-order valence-electron chi connectivity index (χ0n) is 6.68. The van der Waals surface area contributed by atoms with E-state index in [9.17, 15) is 4.79 Å². The van der Waals surface area contributed by atoms with Gasteiger partial charge in [-0.2, -0.15) is 0 Å². The van der Waals surface area contributed by atoms with Crippen molar-refractivity contribution in [3.8, 4) is 0 Å². The average Bonchev–Trinajstić information content (AvgIpc) is 2.45. The van der Waals surface area contributed by atoms with Gasteiger partial charge in [0.15, 0.2) is 0 Å². The van der Waals surface area contributed by atoms with Crippen LogP contribution in [0.5, 0.6) is 0 Å². The first-order valence-electron chi connectivity index (χ1n) is 4.28. The van der Waals surface area contributed by atoms with Crippen LogP contribution in [0, 0.1) is 0 Å². The number of hydrogen-bond donors (Lipinski definition) is 0. The second-order valence-corrected chi connectivity index (χ2v) is 3.44. The van der Waals surface area contributed by atoms with Crippen molar-refractivity contribution >= 4 is 5.91 Å². The van der Waals surface area contributed by atoms with Gasteiger partial charge in [0.1, 0.15) is 0 Å². The summed E-state index contributed by atoms with van der Waals surface area (Å²) in [4.78, 5) is 13.4. The maximum absolute atomic E-state index is 11.4. The zero-order chi connectivity index (χ0) is 7.84. The van der Waals surface area contributed by atoms with Crippen molar-refractivity contribution in [3.05, 3.63) is 12.2 Å². The Balaban J connectivity index is 2.18. The molecule has 0 aromatic heterocycles. The lowest BCUT2D eigenvalue weighted by atomic mass is 9.99. The molecule has 2 aliphatic rings. The van der Waals surface area contributed by atoms with Gasteiger partial charge in [0.2, 0.25) is 5.91 Å². The molecule has 0 aromatic carbocycles. The van der Waals surface area contributed by atoms with Crippen molar-refractivity contribution in [3.63, 3.8) is 0 Å². The third-order valence-electron chi connectivity index (χ3n) is 2.72. The fraction of sp³-hybridized carbons (Fsp3) is 0.667. The molecule has 0 N–H and O–H groups in total. The van der Waals surface area contributed by atoms with Crippen LogP contribution in [0.3, 0.4) is 0 Å². The van der Waals surface area contributed by atoms with Crippen LogP contribution in [0.15, 0.2) is 12.2 Å². The monoisotopic (exact) mass is 151 g/mol. The Morgan fingerprint density at radius 2 is 2.27 bits per heavy atom. The van der Waals surface area contributed by atoms with Gasteiger partial charge in [-0.1, -0.05) is 6.58 Å². The lowest BCUT2D eigenvalue weighted by molar-refractivity contribution is -0.129. The second kappa shape index (κ2) is 2.36. The lowest BCUT2D eigenvalue weighted by Crippen LogP contribution is -2.39. The normalized spacial score (nSPS) is 30.9. The first kappa shape index (κ1) is 6.89. The second-order valence-electron chi connectivity index (χ2n) is 3.44. The van der Waals surface area contributed by atoms with Crippen LogP contribution in [-0.2, 0) is 4.79 Å². The van der Waals surface area contributed by atoms with Gasteiger partial charge in [-0.15, -0.1) is 0 Å². The average molecular weight is 151 g/mol. The Kier molecular flexibility index (Phi) is 1.48. The third-order valence-corrected chi connectivity index (χ3v) is 2.72. The number of fused-ring (bicyclic) bond motifs is 1. The number of hydrogen-bond acceptors (Lipinski definition) is 1. The van der Waals surface area contributed by atoms with Gasteiger partial charge >= 0.3 is 0 Å². The summed E-state index contributed by atoms with van der Waals surface area (Å²) < 4.78 is 0. The molecule has 2 heteroatoms. The number of piperidine rings is 1. The summed E-state index contributed by atoms with van der Waals surface area (Å²) in [6.07, 6.45) is 4.45. The fourth-order valence-electron chi connectivity index (χ4n) is 2.05. The Morgan fingerprint density at radius 3 is 3.09 bits per heavy atom. The summed E-state index contributed by atoms with van der Waals surface area (Å²) in [5.41, 5.74) is 0.808. The first-order valence-corrected chi connectivity index (χ1v) is 4.28. The van der Waals surface area contributed by atoms with Crippen molar-refractivity contribution in [1.29, 1.82) is 0 Å². The maximum atomic E-state index is 11.4. The van der Waals surface area contributed by atoms with Gasteiger partial charge in [-0.25, -0.2) is 0 Å². The maximum Gasteiger partial charge on any atom is 0.249 e. The summed E-state index contributed by atoms with van der Waals surface area (Å²) >= 11 is 0. The third kappa shape index (κ3) is 0.971. The molecule has 0 saturated carbocycles. The molecule has 1 unspecified atom stereocenters. The van der Waals surface area contributed by atoms with Crippen LogP contribution in [0.1, 0.15) is 25.7 Å². The first-order chi connectivity index (χ1) is 5.29. The molecule has 0 radical (unpaired) electrons. The Hall–Kier alpha value is -0.790. The highest BCUT2D eigenvalue weighted by Crippen LogP contribution is 2.29. The summed E-state index contributed by atoms with van der Waals surface area (Å²) in [6.45, 7) is 4.73. The number of amides is 1. The van der Waals surface area contributed by atoms with E-state index in [1.54, 1.807) is 0 Å². The number of carbonyl (C=O) groups excluding carboxylic acids is 1. The van der Waals surface area contributed by atoms with Crippen LogP contribution in [0.2, 0.25) is 0 Å². The van der Waals surface area contributed by atoms with Gasteiger partial charge < -0.3 is 4.90 Å². The van der Waals surface area contributed by atoms with Crippen LogP contribution in [-0.4, -0.2) is 23.4 Å². The van der Waals surface area contributed by atoms with Crippen LogP contribution >= 0.6 is 0 Å². The summed E-state index contributed by atoms with van der Waals surface area (Å²) in [6, 6.07) is 0.549. The zero-order valence-corrected chi connectivity index (χ0v) is 6.68. The highest BCUT2D eigenvalue weighted by Gasteiger charge is 2.33. The van der Waals surface area contributed by atoms with Crippen molar-refractivity contribution in [2.45, 2.75) is 31.7 Å². The predicted molar refractivity (Wildman–Crippen MR) is 43.1 cm³/mol. The van der Waals surface area contributed by atoms with Crippen LogP contribution in [0.25, 0.3) is 0 Å². The largest absolute Gasteiger partial charge is 0.336 e. The minimum Gasteiger partial charge on any atom is -0.336 e. The Labute approximate surface area is 66.9 Å². The van der Waals surface area contributed by atoms with E-state index in [0.717, 1.165) is 25.0 Å². The fourth-order valence-corrected chi connectivity index (χ4v) is 2.05. The van der Waals surface area contributed by atoms with E-state index in [1.165, 1.54) is 12.8 Å². The van der Waals surface area contributed by atoms with Crippen LogP contribution in [0.4, 0.5) is 0 Å². The SMILES string of the molecule is C=C1CCC2CCCN2C1=O. The molecule has 0 aromatic rings. The standard InChI is InChI=1S/C9H13NO/c1-7-4-5-8-3-2-6-10(8)9(7)11/h8H,1-6H2. The molecule has 0 aliphatic carbocycles. The van der Waals surface area contributed by atoms with Crippen molar-refractivity contribution in [1.82, 2.24) is 4.90 Å². The summed E-state index contributed by atoms with van der Waals surface area (Å²) in [7, 11) is 0. The van der Waals surface area contributed by atoms with E-state index in [0.29, 0.717) is 6.04 Å². The van der Waals surface area contributed by atoms with E-state index in [1.807, 2.05) is 4.90 Å². The molecule has 0 bridgehead atoms. The lowest BCUT2D eigenvalue weighted by Gasteiger charge is -2.30. The molecule has 1 atom stereocenters. The molecular formula is C9H13NO. The van der Waals surface area contributed by atoms with E-state index in [4.69, 9.17) is 0 Å². The minimum atomic E-state index is 0.207. The van der Waals surface area contributed by atoms with E-state index >= 15 is 0 Å². The molecular weight excluding hydrogens is 138 g/mol. The summed E-state index contributed by atoms with van der Waals surface area (Å²) in [5.74, 6) is 0.207. The summed E-state index contributed by atoms with van der Waals surface area (Å²) in [5, 5.41) is 0. The van der Waals surface area contributed by atoms with Gasteiger partial charge in [0, 0.05) is 18.2 Å². The van der Waals surface area contributed by atoms with E-state index in [2.05, 4.69) is 6.58 Å². The van der Waals surface area contributed by atoms with Gasteiger partial charge in [0.25, 0.3) is 0 Å². The van der Waals surface area contributed by atoms with Gasteiger partial charge in [-0.3, -0.25) is 4.79 Å². The van der Waals surface area contributed by atoms with Crippen molar-refractivity contribution in [2.75, 3.05) is 6.54 Å². The molecule has 60 valence electrons. The van der Waals surface area contributed by atoms with E-state index < -0.39 is 0 Å². The quantitative estimate of drug-likeness (QED) is 0.478. The molecule has 11 heavy (non-hydrogen) atoms. The van der Waals surface area contributed by atoms with Crippen molar-refractivity contribution < 1.29 is 4.79 Å². The van der Waals surface area contributed by atoms with Crippen LogP contribution < -0.4 is 0 Å². The molecule has 2 rings (SSSR count). The highest BCUT2D eigenvalue weighted by molar-refractivity contribution is 5.94. The molecule has 0 spiro atoms. The number of rotatable bonds is 0.